The summed E-state index contributed by atoms with van der Waals surface area (Å²) in [6.07, 6.45) is 2.11. The first-order valence-corrected chi connectivity index (χ1v) is 11.3. The van der Waals surface area contributed by atoms with Gasteiger partial charge in [0, 0.05) is 20.9 Å². The van der Waals surface area contributed by atoms with Crippen molar-refractivity contribution in [2.75, 3.05) is 6.61 Å². The van der Waals surface area contributed by atoms with Crippen LogP contribution in [-0.4, -0.2) is 24.2 Å². The molecule has 6 heteroatoms. The molecule has 0 bridgehead atoms. The second kappa shape index (κ2) is 5.37. The van der Waals surface area contributed by atoms with Gasteiger partial charge in [0.1, 0.15) is 6.73 Å². The minimum atomic E-state index is -0.980. The maximum Gasteiger partial charge on any atom is 0.153 e. The smallest absolute Gasteiger partial charge is 0.153 e. The molecule has 2 rings (SSSR count). The highest BCUT2D eigenvalue weighted by Gasteiger charge is 2.13. The molecule has 0 unspecified atom stereocenters. The second-order valence-electron chi connectivity index (χ2n) is 5.30. The molecule has 0 amide bonds. The van der Waals surface area contributed by atoms with Gasteiger partial charge in [-0.2, -0.15) is 0 Å². The minimum Gasteiger partial charge on any atom is -0.361 e. The highest BCUT2D eigenvalue weighted by atomic mass is 127. The number of rotatable bonds is 5. The van der Waals surface area contributed by atoms with Gasteiger partial charge in [0.05, 0.1) is 13.8 Å². The van der Waals surface area contributed by atoms with Gasteiger partial charge in [-0.1, -0.05) is 19.6 Å². The lowest BCUT2D eigenvalue weighted by Crippen LogP contribution is -2.21. The number of hydrogen-bond acceptors (Lipinski definition) is 3. The normalized spacial score (nSPS) is 12.5. The SMILES string of the molecule is C[Si](C)(C)CCOCn1cc(I)c2scnc21. The summed E-state index contributed by atoms with van der Waals surface area (Å²) in [6, 6.07) is 1.21. The van der Waals surface area contributed by atoms with Crippen LogP contribution in [-0.2, 0) is 11.5 Å². The van der Waals surface area contributed by atoms with Gasteiger partial charge in [0.2, 0.25) is 0 Å². The molecule has 2 heterocycles. The molecule has 0 fully saturated rings. The van der Waals surface area contributed by atoms with E-state index in [2.05, 4.69) is 58.0 Å². The third-order valence-corrected chi connectivity index (χ3v) is 6.27. The number of hydrogen-bond donors (Lipinski definition) is 0. The van der Waals surface area contributed by atoms with Gasteiger partial charge in [0.25, 0.3) is 0 Å². The van der Waals surface area contributed by atoms with Gasteiger partial charge in [-0.25, -0.2) is 4.98 Å². The van der Waals surface area contributed by atoms with E-state index >= 15 is 0 Å². The zero-order valence-corrected chi connectivity index (χ0v) is 14.3. The van der Waals surface area contributed by atoms with E-state index in [-0.39, 0.29) is 0 Å². The Morgan fingerprint density at radius 2 is 2.24 bits per heavy atom. The van der Waals surface area contributed by atoms with Crippen molar-refractivity contribution < 1.29 is 4.74 Å². The van der Waals surface area contributed by atoms with Crippen LogP contribution < -0.4 is 0 Å². The molecule has 17 heavy (non-hydrogen) atoms. The van der Waals surface area contributed by atoms with E-state index in [1.165, 1.54) is 14.3 Å². The first-order chi connectivity index (χ1) is 7.97. The average molecular weight is 380 g/mol. The van der Waals surface area contributed by atoms with Crippen molar-refractivity contribution in [3.05, 3.63) is 15.3 Å². The van der Waals surface area contributed by atoms with Crippen LogP contribution in [0.5, 0.6) is 0 Å². The van der Waals surface area contributed by atoms with E-state index in [0.29, 0.717) is 6.73 Å². The maximum absolute atomic E-state index is 5.75. The Bertz CT molecular complexity index is 503. The zero-order chi connectivity index (χ0) is 12.5. The predicted octanol–water partition coefficient (Wildman–Crippen LogP) is 4.01. The van der Waals surface area contributed by atoms with Crippen molar-refractivity contribution in [2.24, 2.45) is 0 Å². The molecule has 0 aliphatic rings. The van der Waals surface area contributed by atoms with E-state index in [1.54, 1.807) is 11.3 Å². The monoisotopic (exact) mass is 380 g/mol. The van der Waals surface area contributed by atoms with E-state index in [0.717, 1.165) is 12.3 Å². The Balaban J connectivity index is 1.93. The molecular weight excluding hydrogens is 363 g/mol. The molecular formula is C11H17IN2OSSi. The van der Waals surface area contributed by atoms with Gasteiger partial charge in [-0.05, 0) is 28.6 Å². The van der Waals surface area contributed by atoms with Crippen LogP contribution in [0.2, 0.25) is 25.7 Å². The lowest BCUT2D eigenvalue weighted by atomic mass is 10.6. The van der Waals surface area contributed by atoms with Crippen molar-refractivity contribution >= 4 is 52.3 Å². The third-order valence-electron chi connectivity index (χ3n) is 2.53. The average Bonchev–Trinajstić information content (AvgIpc) is 2.77. The van der Waals surface area contributed by atoms with E-state index < -0.39 is 8.07 Å². The largest absolute Gasteiger partial charge is 0.361 e. The number of halogens is 1. The molecule has 3 nitrogen and oxygen atoms in total. The number of ether oxygens (including phenoxy) is 1. The highest BCUT2D eigenvalue weighted by Crippen LogP contribution is 2.25. The number of thiazole rings is 1. The molecule has 0 aromatic carbocycles. The van der Waals surface area contributed by atoms with Crippen molar-refractivity contribution in [3.8, 4) is 0 Å². The summed E-state index contributed by atoms with van der Waals surface area (Å²) in [5.41, 5.74) is 2.94. The molecule has 0 N–H and O–H groups in total. The summed E-state index contributed by atoms with van der Waals surface area (Å²) in [7, 11) is -0.980. The first kappa shape index (κ1) is 13.5. The van der Waals surface area contributed by atoms with Gasteiger partial charge in [0.15, 0.2) is 5.65 Å². The Labute approximate surface area is 120 Å². The van der Waals surface area contributed by atoms with Gasteiger partial charge >= 0.3 is 0 Å². The fourth-order valence-electron chi connectivity index (χ4n) is 1.50. The van der Waals surface area contributed by atoms with E-state index in [1.807, 2.05) is 5.51 Å². The summed E-state index contributed by atoms with van der Waals surface area (Å²) in [5, 5.41) is 0. The Hall–Kier alpha value is 0.0769. The van der Waals surface area contributed by atoms with Crippen LogP contribution >= 0.6 is 33.9 Å². The molecule has 94 valence electrons. The van der Waals surface area contributed by atoms with Crippen molar-refractivity contribution in [3.63, 3.8) is 0 Å². The van der Waals surface area contributed by atoms with Crippen LogP contribution in [0.1, 0.15) is 0 Å². The summed E-state index contributed by atoms with van der Waals surface area (Å²) in [6.45, 7) is 8.58. The molecule has 0 saturated heterocycles. The van der Waals surface area contributed by atoms with Crippen molar-refractivity contribution in [1.29, 1.82) is 0 Å². The number of fused-ring (bicyclic) bond motifs is 1. The standard InChI is InChI=1S/C11H17IN2OSSi/c1-17(2,3)5-4-15-8-14-6-9(12)10-11(14)13-7-16-10/h6-7H,4-5,8H2,1-3H3. The third kappa shape index (κ3) is 3.52. The van der Waals surface area contributed by atoms with Crippen LogP contribution in [0, 0.1) is 3.57 Å². The zero-order valence-electron chi connectivity index (χ0n) is 10.4. The van der Waals surface area contributed by atoms with Crippen molar-refractivity contribution in [2.45, 2.75) is 32.4 Å². The Kier molecular flexibility index (Phi) is 4.27. The van der Waals surface area contributed by atoms with Crippen LogP contribution in [0.3, 0.4) is 0 Å². The summed E-state index contributed by atoms with van der Waals surface area (Å²) >= 11 is 4.04. The molecule has 0 aliphatic heterocycles. The van der Waals surface area contributed by atoms with E-state index in [9.17, 15) is 0 Å². The Morgan fingerprint density at radius 1 is 1.47 bits per heavy atom. The van der Waals surface area contributed by atoms with Crippen molar-refractivity contribution in [1.82, 2.24) is 9.55 Å². The summed E-state index contributed by atoms with van der Waals surface area (Å²) in [4.78, 5) is 4.37. The molecule has 0 saturated carbocycles. The molecule has 0 atom stereocenters. The molecule has 0 radical (unpaired) electrons. The molecule has 2 aromatic heterocycles. The lowest BCUT2D eigenvalue weighted by molar-refractivity contribution is 0.0898. The predicted molar refractivity (Wildman–Crippen MR) is 84.4 cm³/mol. The number of nitrogens with zero attached hydrogens (tertiary/aromatic N) is 2. The second-order valence-corrected chi connectivity index (χ2v) is 12.9. The molecule has 0 spiro atoms. The molecule has 2 aromatic rings. The first-order valence-electron chi connectivity index (χ1n) is 5.63. The lowest BCUT2D eigenvalue weighted by Gasteiger charge is -2.15. The van der Waals surface area contributed by atoms with Crippen LogP contribution in [0.25, 0.3) is 10.3 Å². The van der Waals surface area contributed by atoms with E-state index in [4.69, 9.17) is 4.74 Å². The Morgan fingerprint density at radius 3 is 2.94 bits per heavy atom. The fourth-order valence-corrected chi connectivity index (χ4v) is 3.92. The van der Waals surface area contributed by atoms with Crippen LogP contribution in [0.15, 0.2) is 11.7 Å². The maximum atomic E-state index is 5.75. The quantitative estimate of drug-likeness (QED) is 0.445. The van der Waals surface area contributed by atoms with Gasteiger partial charge in [-0.15, -0.1) is 11.3 Å². The van der Waals surface area contributed by atoms with Crippen LogP contribution in [0.4, 0.5) is 0 Å². The summed E-state index contributed by atoms with van der Waals surface area (Å²) in [5.74, 6) is 0. The topological polar surface area (TPSA) is 27.1 Å². The minimum absolute atomic E-state index is 0.619. The number of aromatic nitrogens is 2. The highest BCUT2D eigenvalue weighted by molar-refractivity contribution is 14.1. The fraction of sp³-hybridized carbons (Fsp3) is 0.545. The molecule has 0 aliphatic carbocycles. The van der Waals surface area contributed by atoms with Gasteiger partial charge in [-0.3, -0.25) is 0 Å². The van der Waals surface area contributed by atoms with Gasteiger partial charge < -0.3 is 9.30 Å². The summed E-state index contributed by atoms with van der Waals surface area (Å²) < 4.78 is 10.4.